The van der Waals surface area contributed by atoms with Crippen LogP contribution in [0.5, 0.6) is 0 Å². The standard InChI is InChI=1S/C21H34N9O13P3S2/c1-14(38-6-8-48-47-7-4-22)25-5-2-3-15-10-30(21-19(15)20(23)26-12-27-21)18-9-16(39-13-28-29-24)17(41-18)11-40-45(34,35)43-46(36,37)42-44(31,32)33/h10,12,14,16-18,25H,4-9,11,13,22H2,1H3,(H,34,35)(H,36,37)(H2,23,26,27)(H2,31,32,33)/t14?,16-,17-,18-/m1/s1. The lowest BCUT2D eigenvalue weighted by Crippen LogP contribution is -2.29. The highest BCUT2D eigenvalue weighted by atomic mass is 33.1. The fourth-order valence-electron chi connectivity index (χ4n) is 4.06. The Bertz CT molecular complexity index is 1630. The van der Waals surface area contributed by atoms with Gasteiger partial charge in [0.1, 0.15) is 43.1 Å². The molecule has 22 nitrogen and oxygen atoms in total. The Morgan fingerprint density at radius 3 is 2.69 bits per heavy atom. The van der Waals surface area contributed by atoms with Crippen molar-refractivity contribution in [1.29, 1.82) is 0 Å². The number of fused-ring (bicyclic) bond motifs is 1. The molecule has 0 saturated carbocycles. The molecule has 1 fully saturated rings. The van der Waals surface area contributed by atoms with E-state index < -0.39 is 55.2 Å². The lowest BCUT2D eigenvalue weighted by atomic mass is 10.2. The predicted molar refractivity (Wildman–Crippen MR) is 173 cm³/mol. The van der Waals surface area contributed by atoms with Crippen LogP contribution in [-0.2, 0) is 41.1 Å². The molecule has 0 spiro atoms. The summed E-state index contributed by atoms with van der Waals surface area (Å²) in [6, 6.07) is 0. The summed E-state index contributed by atoms with van der Waals surface area (Å²) in [6.45, 7) is 2.03. The van der Waals surface area contributed by atoms with E-state index in [4.69, 9.17) is 45.5 Å². The van der Waals surface area contributed by atoms with E-state index >= 15 is 0 Å². The molecular weight excluding hydrogens is 743 g/mol. The second kappa shape index (κ2) is 19.0. The summed E-state index contributed by atoms with van der Waals surface area (Å²) in [5, 5.41) is 6.87. The molecule has 0 amide bonds. The number of phosphoric acid groups is 3. The van der Waals surface area contributed by atoms with Crippen LogP contribution >= 0.6 is 45.1 Å². The van der Waals surface area contributed by atoms with Gasteiger partial charge in [0, 0.05) is 35.6 Å². The van der Waals surface area contributed by atoms with Crippen LogP contribution in [0.2, 0.25) is 0 Å². The minimum atomic E-state index is -5.74. The second-order valence-corrected chi connectivity index (χ2v) is 16.5. The normalized spacial score (nSPS) is 21.2. The number of rotatable bonds is 20. The average Bonchev–Trinajstić information content (AvgIpc) is 3.56. The van der Waals surface area contributed by atoms with Crippen molar-refractivity contribution in [3.05, 3.63) is 28.5 Å². The van der Waals surface area contributed by atoms with Gasteiger partial charge in [0.25, 0.3) is 0 Å². The van der Waals surface area contributed by atoms with E-state index in [9.17, 15) is 23.5 Å². The third kappa shape index (κ3) is 13.5. The van der Waals surface area contributed by atoms with Crippen LogP contribution < -0.4 is 16.8 Å². The highest BCUT2D eigenvalue weighted by molar-refractivity contribution is 8.76. The molecular formula is C21H34N9O13P3S2. The van der Waals surface area contributed by atoms with Gasteiger partial charge in [-0.2, -0.15) is 8.62 Å². The Kier molecular flexibility index (Phi) is 16.1. The second-order valence-electron chi connectivity index (χ2n) is 9.35. The monoisotopic (exact) mass is 777 g/mol. The Hall–Kier alpha value is -1.80. The number of nitrogens with two attached hydrogens (primary N) is 2. The molecule has 48 heavy (non-hydrogen) atoms. The number of phosphoric ester groups is 1. The van der Waals surface area contributed by atoms with Gasteiger partial charge in [-0.25, -0.2) is 23.7 Å². The van der Waals surface area contributed by atoms with E-state index in [2.05, 4.69) is 45.8 Å². The van der Waals surface area contributed by atoms with E-state index in [0.29, 0.717) is 29.7 Å². The first-order chi connectivity index (χ1) is 22.6. The summed E-state index contributed by atoms with van der Waals surface area (Å²) in [5.74, 6) is 7.84. The first-order valence-corrected chi connectivity index (χ1v) is 20.6. The lowest BCUT2D eigenvalue weighted by Gasteiger charge is -2.21. The van der Waals surface area contributed by atoms with E-state index in [-0.39, 0.29) is 25.0 Å². The molecule has 0 bridgehead atoms. The fraction of sp³-hybridized carbons (Fsp3) is 0.619. The maximum Gasteiger partial charge on any atom is 0.490 e. The predicted octanol–water partition coefficient (Wildman–Crippen LogP) is 1.94. The Morgan fingerprint density at radius 1 is 1.23 bits per heavy atom. The summed E-state index contributed by atoms with van der Waals surface area (Å²) in [4.78, 5) is 47.7. The highest BCUT2D eigenvalue weighted by Gasteiger charge is 2.43. The summed E-state index contributed by atoms with van der Waals surface area (Å²) in [5.41, 5.74) is 21.0. The summed E-state index contributed by atoms with van der Waals surface area (Å²) in [6.07, 6.45) is -0.369. The first kappa shape index (κ1) is 40.6. The van der Waals surface area contributed by atoms with Gasteiger partial charge in [-0.15, -0.1) is 0 Å². The van der Waals surface area contributed by atoms with Gasteiger partial charge in [-0.05, 0) is 12.5 Å². The topological polar surface area (TPSA) is 331 Å². The van der Waals surface area contributed by atoms with Gasteiger partial charge < -0.3 is 49.8 Å². The van der Waals surface area contributed by atoms with Crippen molar-refractivity contribution >= 4 is 61.9 Å². The minimum Gasteiger partial charge on any atom is -0.383 e. The molecule has 1 aliphatic rings. The molecule has 0 aliphatic carbocycles. The number of aromatic nitrogens is 3. The quantitative estimate of drug-likeness (QED) is 0.0148. The number of nitrogens with one attached hydrogen (secondary N) is 1. The molecule has 1 saturated heterocycles. The van der Waals surface area contributed by atoms with Crippen molar-refractivity contribution in [3.63, 3.8) is 0 Å². The third-order valence-corrected chi connectivity index (χ3v) is 12.1. The zero-order chi connectivity index (χ0) is 35.4. The lowest BCUT2D eigenvalue weighted by molar-refractivity contribution is -0.0581. The number of nitrogen functional groups attached to an aromatic ring is 1. The van der Waals surface area contributed by atoms with Crippen LogP contribution in [0.15, 0.2) is 17.6 Å². The fourth-order valence-corrected chi connectivity index (χ4v) is 8.79. The molecule has 3 heterocycles. The largest absolute Gasteiger partial charge is 0.490 e. The molecule has 0 radical (unpaired) electrons. The molecule has 3 rings (SSSR count). The number of hydrogen-bond acceptors (Lipinski definition) is 17. The van der Waals surface area contributed by atoms with Crippen LogP contribution in [0.4, 0.5) is 5.82 Å². The molecule has 268 valence electrons. The van der Waals surface area contributed by atoms with Crippen LogP contribution in [0, 0.1) is 11.8 Å². The number of anilines is 1. The molecule has 27 heteroatoms. The van der Waals surface area contributed by atoms with E-state index in [1.54, 1.807) is 32.4 Å². The Labute approximate surface area is 281 Å². The zero-order valence-electron chi connectivity index (χ0n) is 25.1. The summed E-state index contributed by atoms with van der Waals surface area (Å²) in [7, 11) is -13.4. The van der Waals surface area contributed by atoms with E-state index in [0.717, 1.165) is 11.5 Å². The van der Waals surface area contributed by atoms with Crippen molar-refractivity contribution < 1.29 is 60.6 Å². The van der Waals surface area contributed by atoms with Gasteiger partial charge in [-0.1, -0.05) is 38.5 Å². The molecule has 6 atom stereocenters. The SMILES string of the molecule is CC(NCC#Cc1cn([C@H]2C[C@@H](OCN=[N+]=[N-])[C@@H](COP(=O)(O)OP(=O)(O)OP(=O)(O)O)O2)c2ncnc(N)c12)OCCSSCCN. The molecule has 3 unspecified atom stereocenters. The van der Waals surface area contributed by atoms with E-state index in [1.807, 2.05) is 6.92 Å². The Balaban J connectivity index is 1.72. The van der Waals surface area contributed by atoms with Gasteiger partial charge in [0.15, 0.2) is 0 Å². The molecule has 2 aromatic heterocycles. The summed E-state index contributed by atoms with van der Waals surface area (Å²) >= 11 is 0. The maximum absolute atomic E-state index is 12.3. The zero-order valence-corrected chi connectivity index (χ0v) is 29.4. The van der Waals surface area contributed by atoms with E-state index in [1.165, 1.54) is 6.33 Å². The number of ether oxygens (including phenoxy) is 3. The minimum absolute atomic E-state index is 0.0470. The van der Waals surface area contributed by atoms with Crippen LogP contribution in [0.25, 0.3) is 21.5 Å². The summed E-state index contributed by atoms with van der Waals surface area (Å²) < 4.78 is 65.9. The number of hydrogen-bond donors (Lipinski definition) is 7. The smallest absolute Gasteiger partial charge is 0.383 e. The van der Waals surface area contributed by atoms with Crippen molar-refractivity contribution in [1.82, 2.24) is 19.9 Å². The van der Waals surface area contributed by atoms with Crippen molar-refractivity contribution in [3.8, 4) is 11.8 Å². The molecule has 9 N–H and O–H groups in total. The van der Waals surface area contributed by atoms with Crippen LogP contribution in [-0.4, -0.2) is 97.1 Å². The van der Waals surface area contributed by atoms with Gasteiger partial charge >= 0.3 is 23.5 Å². The van der Waals surface area contributed by atoms with Crippen molar-refractivity contribution in [2.24, 2.45) is 10.8 Å². The molecule has 0 aromatic carbocycles. The number of azide groups is 1. The molecule has 2 aromatic rings. The maximum atomic E-state index is 12.3. The highest BCUT2D eigenvalue weighted by Crippen LogP contribution is 2.66. The van der Waals surface area contributed by atoms with Crippen molar-refractivity contribution in [2.45, 2.75) is 38.0 Å². The van der Waals surface area contributed by atoms with Crippen LogP contribution in [0.1, 0.15) is 25.1 Å². The third-order valence-electron chi connectivity index (χ3n) is 5.88. The van der Waals surface area contributed by atoms with Gasteiger partial charge in [0.2, 0.25) is 0 Å². The first-order valence-electron chi connectivity index (χ1n) is 13.6. The van der Waals surface area contributed by atoms with Crippen LogP contribution in [0.3, 0.4) is 0 Å². The van der Waals surface area contributed by atoms with Crippen molar-refractivity contribution in [2.75, 3.05) is 50.3 Å². The Morgan fingerprint density at radius 2 is 1.98 bits per heavy atom. The van der Waals surface area contributed by atoms with Gasteiger partial charge in [-0.3, -0.25) is 9.84 Å². The number of nitrogens with zero attached hydrogens (tertiary/aromatic N) is 6. The van der Waals surface area contributed by atoms with Gasteiger partial charge in [0.05, 0.1) is 36.8 Å². The molecule has 1 aliphatic heterocycles. The average molecular weight is 778 g/mol.